The predicted molar refractivity (Wildman–Crippen MR) is 180 cm³/mol. The minimum atomic E-state index is -4.79. The number of rotatable bonds is 8. The fourth-order valence-electron chi connectivity index (χ4n) is 6.03. The van der Waals surface area contributed by atoms with Crippen molar-refractivity contribution in [1.82, 2.24) is 14.3 Å². The van der Waals surface area contributed by atoms with Crippen molar-refractivity contribution in [3.63, 3.8) is 0 Å². The molecule has 0 saturated carbocycles. The number of pyridine rings is 1. The molecule has 0 radical (unpaired) electrons. The minimum Gasteiger partial charge on any atom is -0.458 e. The largest absolute Gasteiger partial charge is 0.458 e. The van der Waals surface area contributed by atoms with Gasteiger partial charge in [-0.05, 0) is 73.7 Å². The molecule has 1 atom stereocenters. The molecule has 0 aliphatic heterocycles. The molecule has 5 aromatic rings. The number of fused-ring (bicyclic) bond motifs is 4. The van der Waals surface area contributed by atoms with Gasteiger partial charge in [0.2, 0.25) is 0 Å². The monoisotopic (exact) mass is 705 g/mol. The Kier molecular flexibility index (Phi) is 8.98. The third-order valence-electron chi connectivity index (χ3n) is 8.35. The molecule has 0 fully saturated rings. The molecule has 1 aliphatic rings. The molecular weight excluding hydrogens is 671 g/mol. The van der Waals surface area contributed by atoms with Crippen LogP contribution in [0.25, 0.3) is 22.2 Å². The third-order valence-corrected chi connectivity index (χ3v) is 10.0. The maximum atomic E-state index is 13.8. The molecule has 9 nitrogen and oxygen atoms in total. The van der Waals surface area contributed by atoms with Gasteiger partial charge in [-0.15, -0.1) is 0 Å². The average molecular weight is 706 g/mol. The molecule has 0 unspecified atom stereocenters. The lowest BCUT2D eigenvalue weighted by atomic mass is 9.98. The number of hydrogen-bond donors (Lipinski definition) is 1. The number of hydrogen-bond acceptors (Lipinski definition) is 7. The topological polar surface area (TPSA) is 117 Å². The average Bonchev–Trinajstić information content (AvgIpc) is 3.58. The van der Waals surface area contributed by atoms with Crippen LogP contribution in [0.1, 0.15) is 54.5 Å². The molecule has 13 heteroatoms. The van der Waals surface area contributed by atoms with E-state index < -0.39 is 51.9 Å². The van der Waals surface area contributed by atoms with Crippen molar-refractivity contribution < 1.29 is 40.7 Å². The van der Waals surface area contributed by atoms with Gasteiger partial charge in [-0.2, -0.15) is 13.2 Å². The Morgan fingerprint density at radius 3 is 2.12 bits per heavy atom. The lowest BCUT2D eigenvalue weighted by Gasteiger charge is -2.24. The predicted octanol–water partition coefficient (Wildman–Crippen LogP) is 7.39. The van der Waals surface area contributed by atoms with Crippen molar-refractivity contribution >= 4 is 33.1 Å². The first-order chi connectivity index (χ1) is 23.5. The molecule has 2 heterocycles. The number of amides is 1. The van der Waals surface area contributed by atoms with Gasteiger partial charge in [0, 0.05) is 30.1 Å². The smallest absolute Gasteiger partial charge is 0.417 e. The van der Waals surface area contributed by atoms with Crippen molar-refractivity contribution in [2.75, 3.05) is 6.61 Å². The summed E-state index contributed by atoms with van der Waals surface area (Å²) in [7, 11) is -4.34. The van der Waals surface area contributed by atoms with Crippen LogP contribution >= 0.6 is 0 Å². The second-order valence-electron chi connectivity index (χ2n) is 13.1. The SMILES string of the molecule is Cc1ccc(S(=O)(=O)n2cc(C[C@H](NC(=O)OCC3c4ccccc4-c4ccccc43)C(=O)OC(C)(C)C)c3cc(C(F)(F)F)cnc32)cc1. The number of carbonyl (C=O) groups excluding carboxylic acids is 2. The van der Waals surface area contributed by atoms with Crippen LogP contribution in [0.2, 0.25) is 0 Å². The normalized spacial score (nSPS) is 13.8. The number of aryl methyl sites for hydroxylation is 1. The fraction of sp³-hybridized carbons (Fsp3) is 0.270. The van der Waals surface area contributed by atoms with Gasteiger partial charge in [0.25, 0.3) is 10.0 Å². The zero-order valence-electron chi connectivity index (χ0n) is 27.6. The van der Waals surface area contributed by atoms with Crippen molar-refractivity contribution in [3.05, 3.63) is 119 Å². The molecule has 6 rings (SSSR count). The summed E-state index contributed by atoms with van der Waals surface area (Å²) in [5.74, 6) is -1.17. The highest BCUT2D eigenvalue weighted by Gasteiger charge is 2.35. The molecule has 1 aliphatic carbocycles. The van der Waals surface area contributed by atoms with Gasteiger partial charge in [-0.25, -0.2) is 27.0 Å². The Labute approximate surface area is 287 Å². The maximum absolute atomic E-state index is 13.8. The molecule has 0 bridgehead atoms. The zero-order chi connectivity index (χ0) is 36.0. The molecule has 1 N–H and O–H groups in total. The summed E-state index contributed by atoms with van der Waals surface area (Å²) in [6, 6.07) is 20.8. The number of alkyl carbamates (subject to hydrolysis) is 1. The molecule has 50 heavy (non-hydrogen) atoms. The van der Waals surface area contributed by atoms with Crippen LogP contribution in [-0.4, -0.2) is 47.7 Å². The van der Waals surface area contributed by atoms with Gasteiger partial charge < -0.3 is 14.8 Å². The zero-order valence-corrected chi connectivity index (χ0v) is 28.4. The van der Waals surface area contributed by atoms with E-state index >= 15 is 0 Å². The molecular formula is C37H34F3N3O6S. The Balaban J connectivity index is 1.33. The van der Waals surface area contributed by atoms with Crippen LogP contribution in [0.15, 0.2) is 96.2 Å². The van der Waals surface area contributed by atoms with Gasteiger partial charge in [0.05, 0.1) is 10.5 Å². The second-order valence-corrected chi connectivity index (χ2v) is 14.9. The fourth-order valence-corrected chi connectivity index (χ4v) is 7.38. The number of benzene rings is 3. The third kappa shape index (κ3) is 6.95. The second kappa shape index (κ2) is 12.9. The lowest BCUT2D eigenvalue weighted by molar-refractivity contribution is -0.157. The number of ether oxygens (including phenoxy) is 2. The number of alkyl halides is 3. The molecule has 0 saturated heterocycles. The highest BCUT2D eigenvalue weighted by molar-refractivity contribution is 7.90. The summed E-state index contributed by atoms with van der Waals surface area (Å²) in [5.41, 5.74) is 2.40. The molecule has 1 amide bonds. The number of halogens is 3. The van der Waals surface area contributed by atoms with E-state index in [1.807, 2.05) is 48.5 Å². The van der Waals surface area contributed by atoms with Crippen LogP contribution in [-0.2, 0) is 36.9 Å². The van der Waals surface area contributed by atoms with Gasteiger partial charge in [0.1, 0.15) is 18.2 Å². The summed E-state index contributed by atoms with van der Waals surface area (Å²) in [6.45, 7) is 6.58. The van der Waals surface area contributed by atoms with E-state index in [0.29, 0.717) is 6.20 Å². The van der Waals surface area contributed by atoms with Crippen molar-refractivity contribution in [1.29, 1.82) is 0 Å². The molecule has 3 aromatic carbocycles. The summed E-state index contributed by atoms with van der Waals surface area (Å²) in [6.07, 6.45) is -4.53. The molecule has 0 spiro atoms. The van der Waals surface area contributed by atoms with E-state index in [4.69, 9.17) is 9.47 Å². The Morgan fingerprint density at radius 1 is 0.940 bits per heavy atom. The highest BCUT2D eigenvalue weighted by Crippen LogP contribution is 2.44. The number of nitrogens with zero attached hydrogens (tertiary/aromatic N) is 2. The van der Waals surface area contributed by atoms with E-state index in [2.05, 4.69) is 10.3 Å². The first kappa shape index (κ1) is 34.7. The quantitative estimate of drug-likeness (QED) is 0.167. The van der Waals surface area contributed by atoms with Gasteiger partial charge in [0.15, 0.2) is 5.65 Å². The Bertz CT molecular complexity index is 2160. The summed E-state index contributed by atoms with van der Waals surface area (Å²) >= 11 is 0. The molecule has 260 valence electrons. The molecule has 2 aromatic heterocycles. The summed E-state index contributed by atoms with van der Waals surface area (Å²) in [4.78, 5) is 30.6. The minimum absolute atomic E-state index is 0.00379. The maximum Gasteiger partial charge on any atom is 0.417 e. The number of aromatic nitrogens is 2. The number of nitrogens with one attached hydrogen (secondary N) is 1. The van der Waals surface area contributed by atoms with Gasteiger partial charge in [-0.3, -0.25) is 0 Å². The Morgan fingerprint density at radius 2 is 1.54 bits per heavy atom. The number of esters is 1. The van der Waals surface area contributed by atoms with E-state index in [1.165, 1.54) is 12.1 Å². The van der Waals surface area contributed by atoms with E-state index in [1.54, 1.807) is 39.8 Å². The highest BCUT2D eigenvalue weighted by atomic mass is 32.2. The van der Waals surface area contributed by atoms with E-state index in [0.717, 1.165) is 44.1 Å². The van der Waals surface area contributed by atoms with Crippen molar-refractivity contribution in [2.45, 2.75) is 62.7 Å². The first-order valence-corrected chi connectivity index (χ1v) is 17.2. The van der Waals surface area contributed by atoms with Crippen LogP contribution in [0, 0.1) is 6.92 Å². The van der Waals surface area contributed by atoms with Crippen LogP contribution in [0.3, 0.4) is 0 Å². The van der Waals surface area contributed by atoms with Gasteiger partial charge >= 0.3 is 18.2 Å². The number of carbonyl (C=O) groups is 2. The van der Waals surface area contributed by atoms with E-state index in [9.17, 15) is 31.2 Å². The van der Waals surface area contributed by atoms with Crippen molar-refractivity contribution in [3.8, 4) is 11.1 Å². The van der Waals surface area contributed by atoms with Crippen LogP contribution in [0.4, 0.5) is 18.0 Å². The van der Waals surface area contributed by atoms with E-state index in [-0.39, 0.29) is 34.0 Å². The van der Waals surface area contributed by atoms with Crippen LogP contribution in [0.5, 0.6) is 0 Å². The van der Waals surface area contributed by atoms with Crippen LogP contribution < -0.4 is 5.32 Å². The summed E-state index contributed by atoms with van der Waals surface area (Å²) in [5, 5.41) is 2.35. The standard InChI is InChI=1S/C37H34F3N3O6S/c1-22-13-15-25(16-14-22)50(46,47)43-20-23(30-18-24(37(38,39)40)19-41-33(30)43)17-32(34(44)49-36(2,3)4)42-35(45)48-21-31-28-11-7-5-9-26(28)27-10-6-8-12-29(27)31/h5-16,18-20,31-32H,17,21H2,1-4H3,(H,42,45)/t32-/m0/s1. The van der Waals surface area contributed by atoms with Crippen molar-refractivity contribution in [2.24, 2.45) is 0 Å². The summed E-state index contributed by atoms with van der Waals surface area (Å²) < 4.78 is 80.9. The Hall–Kier alpha value is -5.17. The lowest BCUT2D eigenvalue weighted by Crippen LogP contribution is -2.46. The first-order valence-electron chi connectivity index (χ1n) is 15.8. The van der Waals surface area contributed by atoms with Gasteiger partial charge in [-0.1, -0.05) is 66.2 Å².